The lowest BCUT2D eigenvalue weighted by atomic mass is 9.74. The molecule has 1 spiro atoms. The Kier molecular flexibility index (Phi) is 7.70. The lowest BCUT2D eigenvalue weighted by molar-refractivity contribution is -0.137. The first-order valence-corrected chi connectivity index (χ1v) is 13.3. The number of β-amino-alcohol motifs (C(OH)–C–C–N with tert-alkyl or cyclic N) is 1. The monoisotopic (exact) mass is 549 g/mol. The molecular weight excluding hydrogens is 517 g/mol. The molecule has 1 atom stereocenters. The Morgan fingerprint density at radius 3 is 2.36 bits per heavy atom. The molecule has 3 heterocycles. The molecule has 39 heavy (non-hydrogen) atoms. The number of carbonyl (C=O) groups is 1. The van der Waals surface area contributed by atoms with Gasteiger partial charge in [-0.3, -0.25) is 4.79 Å². The zero-order valence-corrected chi connectivity index (χ0v) is 21.5. The molecule has 0 saturated carbocycles. The first-order valence-electron chi connectivity index (χ1n) is 13.3. The van der Waals surface area contributed by atoms with Crippen molar-refractivity contribution in [3.63, 3.8) is 0 Å². The number of anilines is 1. The molecule has 0 aromatic heterocycles. The van der Waals surface area contributed by atoms with Gasteiger partial charge in [0.15, 0.2) is 0 Å². The van der Waals surface area contributed by atoms with Crippen molar-refractivity contribution in [2.45, 2.75) is 43.4 Å². The summed E-state index contributed by atoms with van der Waals surface area (Å²) in [7, 11) is 0. The number of fused-ring (bicyclic) bond motifs is 2. The van der Waals surface area contributed by atoms with Crippen molar-refractivity contribution in [1.29, 1.82) is 0 Å². The number of rotatable bonds is 5. The number of piperidine rings is 2. The van der Waals surface area contributed by atoms with E-state index in [0.717, 1.165) is 55.8 Å². The highest BCUT2D eigenvalue weighted by atomic mass is 19.4. The van der Waals surface area contributed by atoms with Crippen LogP contribution in [0.1, 0.15) is 42.4 Å². The van der Waals surface area contributed by atoms with Gasteiger partial charge in [-0.25, -0.2) is 8.78 Å². The number of nitrogens with one attached hydrogen (secondary N) is 1. The molecule has 2 fully saturated rings. The number of aliphatic hydroxyl groups is 1. The Labute approximate surface area is 224 Å². The number of nitrogens with zero attached hydrogens (tertiary/aromatic N) is 2. The number of alkyl halides is 3. The van der Waals surface area contributed by atoms with Gasteiger partial charge in [-0.05, 0) is 86.2 Å². The number of amides is 1. The third kappa shape index (κ3) is 6.11. The molecule has 5 rings (SSSR count). The minimum atomic E-state index is -4.37. The molecule has 5 nitrogen and oxygen atoms in total. The van der Waals surface area contributed by atoms with Gasteiger partial charge in [0.05, 0.1) is 11.7 Å². The number of hydrogen-bond donors (Lipinski definition) is 2. The molecule has 1 amide bonds. The van der Waals surface area contributed by atoms with Crippen molar-refractivity contribution in [2.75, 3.05) is 44.6 Å². The van der Waals surface area contributed by atoms with Crippen LogP contribution in [0.15, 0.2) is 42.5 Å². The number of benzene rings is 2. The van der Waals surface area contributed by atoms with Crippen LogP contribution >= 0.6 is 0 Å². The summed E-state index contributed by atoms with van der Waals surface area (Å²) in [4.78, 5) is 16.4. The Hall–Kier alpha value is -2.98. The van der Waals surface area contributed by atoms with Gasteiger partial charge in [0, 0.05) is 49.4 Å². The Morgan fingerprint density at radius 1 is 1.05 bits per heavy atom. The minimum Gasteiger partial charge on any atom is -0.392 e. The first kappa shape index (κ1) is 27.6. The average molecular weight is 550 g/mol. The highest BCUT2D eigenvalue weighted by molar-refractivity contribution is 5.91. The van der Waals surface area contributed by atoms with Crippen molar-refractivity contribution in [2.24, 2.45) is 5.92 Å². The molecule has 3 aliphatic rings. The smallest absolute Gasteiger partial charge is 0.392 e. The fourth-order valence-electron chi connectivity index (χ4n) is 6.16. The summed E-state index contributed by atoms with van der Waals surface area (Å²) in [6, 6.07) is 7.07. The molecule has 2 saturated heterocycles. The Bertz CT molecular complexity index is 1210. The van der Waals surface area contributed by atoms with Crippen LogP contribution in [0.4, 0.5) is 27.6 Å². The van der Waals surface area contributed by atoms with E-state index in [1.54, 1.807) is 11.0 Å². The van der Waals surface area contributed by atoms with Crippen molar-refractivity contribution in [3.8, 4) is 0 Å². The maximum atomic E-state index is 13.3. The van der Waals surface area contributed by atoms with Crippen LogP contribution < -0.4 is 5.32 Å². The Morgan fingerprint density at radius 2 is 1.72 bits per heavy atom. The van der Waals surface area contributed by atoms with E-state index in [-0.39, 0.29) is 22.8 Å². The van der Waals surface area contributed by atoms with E-state index in [1.807, 2.05) is 0 Å². The van der Waals surface area contributed by atoms with Crippen molar-refractivity contribution in [1.82, 2.24) is 9.80 Å². The average Bonchev–Trinajstić information content (AvgIpc) is 3.25. The summed E-state index contributed by atoms with van der Waals surface area (Å²) in [5.41, 5.74) is 0.966. The molecule has 3 aliphatic heterocycles. The largest absolute Gasteiger partial charge is 0.416 e. The summed E-state index contributed by atoms with van der Waals surface area (Å²) in [5.74, 6) is -1.59. The summed E-state index contributed by atoms with van der Waals surface area (Å²) in [5, 5.41) is 14.1. The molecule has 2 N–H and O–H groups in total. The molecule has 210 valence electrons. The van der Waals surface area contributed by atoms with Crippen LogP contribution in [0.3, 0.4) is 0 Å². The van der Waals surface area contributed by atoms with E-state index in [1.165, 1.54) is 18.2 Å². The number of likely N-dealkylation sites (tertiary alicyclic amines) is 2. The van der Waals surface area contributed by atoms with Crippen LogP contribution in [0.25, 0.3) is 6.08 Å². The normalized spacial score (nSPS) is 20.8. The number of carbonyl (C=O) groups excluding carboxylic acids is 1. The van der Waals surface area contributed by atoms with Gasteiger partial charge in [0.2, 0.25) is 5.91 Å². The predicted octanol–water partition coefficient (Wildman–Crippen LogP) is 5.06. The lowest BCUT2D eigenvalue weighted by Gasteiger charge is -2.41. The summed E-state index contributed by atoms with van der Waals surface area (Å²) < 4.78 is 66.0. The van der Waals surface area contributed by atoms with Crippen molar-refractivity contribution >= 4 is 17.7 Å². The number of hydrogen-bond acceptors (Lipinski definition) is 4. The minimum absolute atomic E-state index is 0.0564. The molecule has 10 heteroatoms. The molecule has 0 radical (unpaired) electrons. The quantitative estimate of drug-likeness (QED) is 0.405. The van der Waals surface area contributed by atoms with Gasteiger partial charge >= 0.3 is 6.18 Å². The maximum absolute atomic E-state index is 13.3. The summed E-state index contributed by atoms with van der Waals surface area (Å²) in [6.45, 7) is 3.63. The van der Waals surface area contributed by atoms with E-state index in [0.29, 0.717) is 44.7 Å². The van der Waals surface area contributed by atoms with Gasteiger partial charge in [0.1, 0.15) is 11.6 Å². The fourth-order valence-corrected chi connectivity index (χ4v) is 6.16. The third-order valence-corrected chi connectivity index (χ3v) is 8.49. The van der Waals surface area contributed by atoms with E-state index in [9.17, 15) is 31.9 Å². The van der Waals surface area contributed by atoms with E-state index >= 15 is 0 Å². The Balaban J connectivity index is 1.09. The lowest BCUT2D eigenvalue weighted by Crippen LogP contribution is -2.48. The second kappa shape index (κ2) is 10.9. The van der Waals surface area contributed by atoms with Gasteiger partial charge < -0.3 is 20.2 Å². The van der Waals surface area contributed by atoms with E-state index in [4.69, 9.17) is 0 Å². The van der Waals surface area contributed by atoms with Crippen molar-refractivity contribution in [3.05, 3.63) is 70.8 Å². The molecule has 2 aromatic carbocycles. The zero-order valence-electron chi connectivity index (χ0n) is 21.5. The zero-order chi connectivity index (χ0) is 27.8. The molecular formula is C29H32F5N3O2. The third-order valence-electron chi connectivity index (χ3n) is 8.49. The van der Waals surface area contributed by atoms with Crippen LogP contribution in [0, 0.1) is 17.6 Å². The first-order chi connectivity index (χ1) is 18.5. The van der Waals surface area contributed by atoms with Crippen LogP contribution in [0.2, 0.25) is 0 Å². The predicted molar refractivity (Wildman–Crippen MR) is 138 cm³/mol. The molecule has 2 aromatic rings. The number of halogens is 5. The fraction of sp³-hybridized carbons (Fsp3) is 0.483. The van der Waals surface area contributed by atoms with Crippen LogP contribution in [0.5, 0.6) is 0 Å². The topological polar surface area (TPSA) is 55.8 Å². The molecule has 0 bridgehead atoms. The van der Waals surface area contributed by atoms with E-state index in [2.05, 4.69) is 10.2 Å². The van der Waals surface area contributed by atoms with Crippen LogP contribution in [-0.2, 0) is 16.4 Å². The van der Waals surface area contributed by atoms with Gasteiger partial charge in [-0.15, -0.1) is 0 Å². The summed E-state index contributed by atoms with van der Waals surface area (Å²) >= 11 is 0. The van der Waals surface area contributed by atoms with Gasteiger partial charge in [-0.1, -0.05) is 6.07 Å². The summed E-state index contributed by atoms with van der Waals surface area (Å²) in [6.07, 6.45) is 0.734. The van der Waals surface area contributed by atoms with Crippen molar-refractivity contribution < 1.29 is 31.9 Å². The maximum Gasteiger partial charge on any atom is 0.416 e. The van der Waals surface area contributed by atoms with Crippen LogP contribution in [-0.4, -0.2) is 66.2 Å². The molecule has 0 aliphatic carbocycles. The van der Waals surface area contributed by atoms with Gasteiger partial charge in [-0.2, -0.15) is 13.2 Å². The highest BCUT2D eigenvalue weighted by Gasteiger charge is 2.43. The second-order valence-electron chi connectivity index (χ2n) is 11.0. The number of aliphatic hydroxyl groups excluding tert-OH is 1. The standard InChI is InChI=1S/C29H32F5N3O2/c30-22-13-19(14-23(31)16-22)1-4-27(39)37-9-5-20(6-10-37)26(38)17-36-11-7-28(8-12-36)18-35-25-15-21(29(32,33)34)2-3-24(25)28/h1-4,13-16,20,26,35,38H,5-12,17-18H2/b4-1+. The molecule has 1 unspecified atom stereocenters. The SMILES string of the molecule is O=C(/C=C/c1cc(F)cc(F)c1)N1CCC(C(O)CN2CCC3(CC2)CNc2cc(C(F)(F)F)ccc23)CC1. The van der Waals surface area contributed by atoms with E-state index < -0.39 is 29.5 Å². The highest BCUT2D eigenvalue weighted by Crippen LogP contribution is 2.46. The van der Waals surface area contributed by atoms with Gasteiger partial charge in [0.25, 0.3) is 0 Å². The second-order valence-corrected chi connectivity index (χ2v) is 11.0.